The molecule has 2 aromatic carbocycles. The molecular weight excluding hydrogens is 341 g/mol. The molecular formula is C19H17F3N4. The van der Waals surface area contributed by atoms with E-state index in [0.29, 0.717) is 24.9 Å². The normalized spacial score (nSPS) is 11.5. The standard InChI is InChI=1S/C19H17F3N4/c1-23-12-18-17(24-26-25-18)9-8-13-4-2-5-14(10-13)15-6-3-7-16(11-15)19(20,21)22/h2-7,10-11H,1,8-9,12H2,(H,24,25,26). The number of aliphatic imine (C=N–C) groups is 1. The van der Waals surface area contributed by atoms with Gasteiger partial charge in [0.15, 0.2) is 0 Å². The molecule has 4 nitrogen and oxygen atoms in total. The van der Waals surface area contributed by atoms with Gasteiger partial charge < -0.3 is 0 Å². The summed E-state index contributed by atoms with van der Waals surface area (Å²) in [4.78, 5) is 3.81. The van der Waals surface area contributed by atoms with Gasteiger partial charge in [-0.1, -0.05) is 36.4 Å². The van der Waals surface area contributed by atoms with E-state index in [9.17, 15) is 13.2 Å². The summed E-state index contributed by atoms with van der Waals surface area (Å²) < 4.78 is 38.7. The molecule has 0 bridgehead atoms. The Morgan fingerprint density at radius 2 is 1.62 bits per heavy atom. The molecule has 3 aromatic rings. The van der Waals surface area contributed by atoms with Crippen molar-refractivity contribution in [3.8, 4) is 11.1 Å². The fraction of sp³-hybridized carbons (Fsp3) is 0.211. The first-order valence-electron chi connectivity index (χ1n) is 8.05. The summed E-state index contributed by atoms with van der Waals surface area (Å²) in [7, 11) is 0. The van der Waals surface area contributed by atoms with Crippen LogP contribution in [0.4, 0.5) is 13.2 Å². The minimum absolute atomic E-state index is 0.399. The van der Waals surface area contributed by atoms with Crippen LogP contribution in [0.1, 0.15) is 22.5 Å². The second-order valence-corrected chi connectivity index (χ2v) is 5.88. The van der Waals surface area contributed by atoms with Crippen molar-refractivity contribution in [3.05, 3.63) is 71.0 Å². The van der Waals surface area contributed by atoms with E-state index in [-0.39, 0.29) is 0 Å². The molecule has 26 heavy (non-hydrogen) atoms. The Labute approximate surface area is 148 Å². The van der Waals surface area contributed by atoms with Gasteiger partial charge in [0, 0.05) is 0 Å². The molecule has 0 aliphatic rings. The van der Waals surface area contributed by atoms with E-state index in [1.807, 2.05) is 24.3 Å². The third-order valence-corrected chi connectivity index (χ3v) is 4.07. The third-order valence-electron chi connectivity index (χ3n) is 4.07. The van der Waals surface area contributed by atoms with E-state index in [4.69, 9.17) is 0 Å². The van der Waals surface area contributed by atoms with Crippen LogP contribution in [-0.4, -0.2) is 22.1 Å². The molecule has 0 amide bonds. The second-order valence-electron chi connectivity index (χ2n) is 5.88. The number of nitrogens with zero attached hydrogens (tertiary/aromatic N) is 3. The fourth-order valence-corrected chi connectivity index (χ4v) is 2.75. The lowest BCUT2D eigenvalue weighted by Crippen LogP contribution is -2.04. The number of aromatic nitrogens is 3. The van der Waals surface area contributed by atoms with Gasteiger partial charge in [-0.25, -0.2) is 0 Å². The average Bonchev–Trinajstić information content (AvgIpc) is 3.07. The molecule has 0 unspecified atom stereocenters. The van der Waals surface area contributed by atoms with Crippen LogP contribution >= 0.6 is 0 Å². The lowest BCUT2D eigenvalue weighted by Gasteiger charge is -2.10. The number of hydrogen-bond donors (Lipinski definition) is 1. The van der Waals surface area contributed by atoms with Crippen molar-refractivity contribution in [2.45, 2.75) is 25.6 Å². The maximum absolute atomic E-state index is 12.9. The Kier molecular flexibility index (Phi) is 5.16. The van der Waals surface area contributed by atoms with E-state index in [1.54, 1.807) is 6.07 Å². The van der Waals surface area contributed by atoms with Crippen molar-refractivity contribution >= 4 is 6.72 Å². The number of aromatic amines is 1. The lowest BCUT2D eigenvalue weighted by atomic mass is 9.99. The molecule has 1 aromatic heterocycles. The van der Waals surface area contributed by atoms with Gasteiger partial charge >= 0.3 is 6.18 Å². The predicted molar refractivity (Wildman–Crippen MR) is 93.9 cm³/mol. The van der Waals surface area contributed by atoms with Crippen LogP contribution in [0, 0.1) is 0 Å². The Hall–Kier alpha value is -2.96. The molecule has 0 saturated carbocycles. The zero-order valence-electron chi connectivity index (χ0n) is 13.9. The van der Waals surface area contributed by atoms with Gasteiger partial charge in [-0.05, 0) is 48.4 Å². The molecule has 0 spiro atoms. The molecule has 0 fully saturated rings. The molecule has 3 rings (SSSR count). The highest BCUT2D eigenvalue weighted by Crippen LogP contribution is 2.32. The monoisotopic (exact) mass is 358 g/mol. The summed E-state index contributed by atoms with van der Waals surface area (Å²) in [6.07, 6.45) is -2.99. The van der Waals surface area contributed by atoms with Crippen molar-refractivity contribution in [3.63, 3.8) is 0 Å². The van der Waals surface area contributed by atoms with E-state index < -0.39 is 11.7 Å². The zero-order chi connectivity index (χ0) is 18.6. The smallest absolute Gasteiger partial charge is 0.294 e. The first-order valence-corrected chi connectivity index (χ1v) is 8.05. The van der Waals surface area contributed by atoms with E-state index >= 15 is 0 Å². The molecule has 7 heteroatoms. The maximum Gasteiger partial charge on any atom is 0.416 e. The van der Waals surface area contributed by atoms with Gasteiger partial charge in [0.1, 0.15) is 5.69 Å². The summed E-state index contributed by atoms with van der Waals surface area (Å²) in [5.74, 6) is 0. The number of H-pyrrole nitrogens is 1. The van der Waals surface area contributed by atoms with Gasteiger partial charge in [-0.15, -0.1) is 0 Å². The molecule has 134 valence electrons. The molecule has 0 saturated heterocycles. The van der Waals surface area contributed by atoms with Crippen LogP contribution in [0.15, 0.2) is 53.5 Å². The second kappa shape index (κ2) is 7.51. The number of halogens is 3. The molecule has 0 aliphatic carbocycles. The summed E-state index contributed by atoms with van der Waals surface area (Å²) >= 11 is 0. The van der Waals surface area contributed by atoms with Gasteiger partial charge in [0.05, 0.1) is 17.8 Å². The zero-order valence-corrected chi connectivity index (χ0v) is 13.9. The summed E-state index contributed by atoms with van der Waals surface area (Å²) in [6, 6.07) is 12.9. The van der Waals surface area contributed by atoms with Crippen LogP contribution < -0.4 is 0 Å². The summed E-state index contributed by atoms with van der Waals surface area (Å²) in [6.45, 7) is 3.85. The van der Waals surface area contributed by atoms with Crippen LogP contribution in [0.5, 0.6) is 0 Å². The highest BCUT2D eigenvalue weighted by Gasteiger charge is 2.30. The third kappa shape index (κ3) is 4.17. The first-order chi connectivity index (χ1) is 12.5. The maximum atomic E-state index is 12.9. The number of nitrogens with one attached hydrogen (secondary N) is 1. The van der Waals surface area contributed by atoms with E-state index in [2.05, 4.69) is 27.1 Å². The number of rotatable bonds is 6. The fourth-order valence-electron chi connectivity index (χ4n) is 2.75. The molecule has 1 N–H and O–H groups in total. The average molecular weight is 358 g/mol. The lowest BCUT2D eigenvalue weighted by molar-refractivity contribution is -0.137. The highest BCUT2D eigenvalue weighted by atomic mass is 19.4. The summed E-state index contributed by atoms with van der Waals surface area (Å²) in [5, 5.41) is 10.7. The predicted octanol–water partition coefficient (Wildman–Crippen LogP) is 4.48. The number of hydrogen-bond acceptors (Lipinski definition) is 3. The SMILES string of the molecule is C=NCc1n[nH]nc1CCc1cccc(-c2cccc(C(F)(F)F)c2)c1. The van der Waals surface area contributed by atoms with Crippen LogP contribution in [0.2, 0.25) is 0 Å². The number of alkyl halides is 3. The molecule has 1 heterocycles. The van der Waals surface area contributed by atoms with Crippen LogP contribution in [0.25, 0.3) is 11.1 Å². The van der Waals surface area contributed by atoms with Gasteiger partial charge in [0.2, 0.25) is 0 Å². The Balaban J connectivity index is 1.78. The van der Waals surface area contributed by atoms with E-state index in [0.717, 1.165) is 28.6 Å². The van der Waals surface area contributed by atoms with Crippen molar-refractivity contribution in [2.24, 2.45) is 4.99 Å². The van der Waals surface area contributed by atoms with Crippen molar-refractivity contribution in [2.75, 3.05) is 0 Å². The minimum atomic E-state index is -4.35. The van der Waals surface area contributed by atoms with Crippen molar-refractivity contribution < 1.29 is 13.2 Å². The van der Waals surface area contributed by atoms with E-state index in [1.165, 1.54) is 12.1 Å². The molecule has 0 aliphatic heterocycles. The number of benzene rings is 2. The van der Waals surface area contributed by atoms with Crippen molar-refractivity contribution in [1.29, 1.82) is 0 Å². The Morgan fingerprint density at radius 1 is 0.923 bits per heavy atom. The number of aryl methyl sites for hydroxylation is 2. The quantitative estimate of drug-likeness (QED) is 0.661. The molecule has 0 radical (unpaired) electrons. The summed E-state index contributed by atoms with van der Waals surface area (Å²) in [5.41, 5.74) is 3.24. The Bertz CT molecular complexity index is 900. The van der Waals surface area contributed by atoms with Gasteiger partial charge in [0.25, 0.3) is 0 Å². The minimum Gasteiger partial charge on any atom is -0.294 e. The highest BCUT2D eigenvalue weighted by molar-refractivity contribution is 5.65. The van der Waals surface area contributed by atoms with Crippen LogP contribution in [-0.2, 0) is 25.6 Å². The van der Waals surface area contributed by atoms with Crippen molar-refractivity contribution in [1.82, 2.24) is 15.4 Å². The molecule has 0 atom stereocenters. The largest absolute Gasteiger partial charge is 0.416 e. The Morgan fingerprint density at radius 3 is 2.35 bits per heavy atom. The topological polar surface area (TPSA) is 53.9 Å². The van der Waals surface area contributed by atoms with Gasteiger partial charge in [-0.2, -0.15) is 28.6 Å². The first kappa shape index (κ1) is 17.8. The van der Waals surface area contributed by atoms with Crippen LogP contribution in [0.3, 0.4) is 0 Å². The van der Waals surface area contributed by atoms with Gasteiger partial charge in [-0.3, -0.25) is 4.99 Å².